The van der Waals surface area contributed by atoms with E-state index in [1.165, 1.54) is 23.9 Å². The highest BCUT2D eigenvalue weighted by Gasteiger charge is 2.30. The van der Waals surface area contributed by atoms with Crippen LogP contribution in [0, 0.1) is 0 Å². The summed E-state index contributed by atoms with van der Waals surface area (Å²) in [6.07, 6.45) is -4.39. The fourth-order valence-corrected chi connectivity index (χ4v) is 4.04. The van der Waals surface area contributed by atoms with Crippen LogP contribution in [-0.2, 0) is 6.18 Å². The van der Waals surface area contributed by atoms with Crippen LogP contribution in [0.15, 0.2) is 77.7 Å². The van der Waals surface area contributed by atoms with Crippen LogP contribution >= 0.6 is 23.4 Å². The van der Waals surface area contributed by atoms with Crippen LogP contribution < -0.4 is 10.6 Å². The maximum absolute atomic E-state index is 12.9. The van der Waals surface area contributed by atoms with E-state index in [0.717, 1.165) is 17.0 Å². The van der Waals surface area contributed by atoms with E-state index in [1.54, 1.807) is 48.5 Å². The molecule has 0 aliphatic carbocycles. The maximum atomic E-state index is 12.9. The third-order valence-electron chi connectivity index (χ3n) is 4.45. The molecule has 166 valence electrons. The zero-order chi connectivity index (χ0) is 23.3. The third kappa shape index (κ3) is 6.27. The lowest BCUT2D eigenvalue weighted by molar-refractivity contribution is -0.137. The topological polar surface area (TPSA) is 58.2 Å². The summed E-state index contributed by atoms with van der Waals surface area (Å²) in [5.74, 6) is -0.629. The van der Waals surface area contributed by atoms with Crippen molar-refractivity contribution in [1.82, 2.24) is 5.32 Å². The summed E-state index contributed by atoms with van der Waals surface area (Å²) in [6.45, 7) is 1.82. The number of imide groups is 1. The number of amides is 3. The van der Waals surface area contributed by atoms with Crippen molar-refractivity contribution in [2.24, 2.45) is 0 Å². The number of thioether (sulfide) groups is 1. The van der Waals surface area contributed by atoms with Gasteiger partial charge in [-0.2, -0.15) is 13.2 Å². The number of carbonyl (C=O) groups is 2. The molecule has 2 N–H and O–H groups in total. The van der Waals surface area contributed by atoms with Gasteiger partial charge in [0.05, 0.1) is 16.1 Å². The van der Waals surface area contributed by atoms with Gasteiger partial charge in [-0.15, -0.1) is 11.8 Å². The lowest BCUT2D eigenvalue weighted by atomic mass is 10.1. The summed E-state index contributed by atoms with van der Waals surface area (Å²) in [5.41, 5.74) is 0.508. The molecule has 32 heavy (non-hydrogen) atoms. The molecule has 0 saturated heterocycles. The van der Waals surface area contributed by atoms with Crippen molar-refractivity contribution in [3.63, 3.8) is 0 Å². The fourth-order valence-electron chi connectivity index (χ4n) is 2.84. The van der Waals surface area contributed by atoms with Gasteiger partial charge in [0.25, 0.3) is 5.91 Å². The highest BCUT2D eigenvalue weighted by Crippen LogP contribution is 2.37. The van der Waals surface area contributed by atoms with E-state index in [1.807, 2.05) is 6.92 Å². The third-order valence-corrected chi connectivity index (χ3v) is 5.95. The number of benzene rings is 3. The minimum absolute atomic E-state index is 0.180. The lowest BCUT2D eigenvalue weighted by Gasteiger charge is -2.15. The zero-order valence-corrected chi connectivity index (χ0v) is 18.3. The van der Waals surface area contributed by atoms with Crippen molar-refractivity contribution in [2.75, 3.05) is 5.32 Å². The molecule has 0 aromatic heterocycles. The molecule has 0 aliphatic rings. The predicted octanol–water partition coefficient (Wildman–Crippen LogP) is 7.17. The standard InChI is InChI=1S/C23H18ClF3N2O2S/c1-14(15-5-4-6-16(13-15)23(25,26)27)32-18-11-9-17(10-12-18)28-22(31)29-21(30)19-7-2-3-8-20(19)24/h2-14H,1H3,(H2,28,29,30,31). The first kappa shape index (κ1) is 23.7. The molecule has 3 aromatic rings. The largest absolute Gasteiger partial charge is 0.416 e. The molecule has 0 aliphatic heterocycles. The normalized spacial score (nSPS) is 12.2. The van der Waals surface area contributed by atoms with Crippen molar-refractivity contribution in [1.29, 1.82) is 0 Å². The van der Waals surface area contributed by atoms with E-state index >= 15 is 0 Å². The van der Waals surface area contributed by atoms with Gasteiger partial charge < -0.3 is 5.32 Å². The second-order valence-corrected chi connectivity index (χ2v) is 8.62. The van der Waals surface area contributed by atoms with Gasteiger partial charge in [-0.25, -0.2) is 4.79 Å². The first-order valence-electron chi connectivity index (χ1n) is 9.44. The molecule has 0 fully saturated rings. The molecule has 0 spiro atoms. The summed E-state index contributed by atoms with van der Waals surface area (Å²) >= 11 is 7.33. The van der Waals surface area contributed by atoms with Gasteiger partial charge >= 0.3 is 12.2 Å². The van der Waals surface area contributed by atoms with Gasteiger partial charge in [0.15, 0.2) is 0 Å². The molecule has 4 nitrogen and oxygen atoms in total. The molecule has 1 atom stereocenters. The molecule has 1 unspecified atom stereocenters. The van der Waals surface area contributed by atoms with Crippen LogP contribution in [0.3, 0.4) is 0 Å². The summed E-state index contributed by atoms with van der Waals surface area (Å²) in [4.78, 5) is 25.0. The summed E-state index contributed by atoms with van der Waals surface area (Å²) in [7, 11) is 0. The quantitative estimate of drug-likeness (QED) is 0.382. The maximum Gasteiger partial charge on any atom is 0.416 e. The van der Waals surface area contributed by atoms with Crippen molar-refractivity contribution in [3.05, 3.63) is 94.5 Å². The molecule has 3 rings (SSSR count). The Morgan fingerprint density at radius 1 is 0.969 bits per heavy atom. The van der Waals surface area contributed by atoms with Crippen LogP contribution in [0.2, 0.25) is 5.02 Å². The number of rotatable bonds is 5. The number of hydrogen-bond donors (Lipinski definition) is 2. The van der Waals surface area contributed by atoms with Crippen molar-refractivity contribution >= 4 is 41.0 Å². The smallest absolute Gasteiger partial charge is 0.308 e. The predicted molar refractivity (Wildman–Crippen MR) is 120 cm³/mol. The molecule has 0 radical (unpaired) electrons. The number of halogens is 4. The summed E-state index contributed by atoms with van der Waals surface area (Å²) in [5, 5.41) is 4.77. The number of hydrogen-bond acceptors (Lipinski definition) is 3. The first-order chi connectivity index (χ1) is 15.1. The fraction of sp³-hybridized carbons (Fsp3) is 0.130. The minimum Gasteiger partial charge on any atom is -0.308 e. The van der Waals surface area contributed by atoms with Gasteiger partial charge in [-0.05, 0) is 55.0 Å². The Morgan fingerprint density at radius 3 is 2.31 bits per heavy atom. The number of nitrogens with one attached hydrogen (secondary N) is 2. The SMILES string of the molecule is CC(Sc1ccc(NC(=O)NC(=O)c2ccccc2Cl)cc1)c1cccc(C(F)(F)F)c1. The Balaban J connectivity index is 1.58. The molecule has 0 heterocycles. The highest BCUT2D eigenvalue weighted by molar-refractivity contribution is 7.99. The van der Waals surface area contributed by atoms with Gasteiger partial charge in [0.2, 0.25) is 0 Å². The average Bonchev–Trinajstić information content (AvgIpc) is 2.74. The number of anilines is 1. The average molecular weight is 479 g/mol. The molecule has 9 heteroatoms. The number of carbonyl (C=O) groups excluding carboxylic acids is 2. The number of urea groups is 1. The van der Waals surface area contributed by atoms with Crippen LogP contribution in [-0.4, -0.2) is 11.9 Å². The molecular weight excluding hydrogens is 461 g/mol. The van der Waals surface area contributed by atoms with E-state index in [-0.39, 0.29) is 15.8 Å². The number of alkyl halides is 3. The van der Waals surface area contributed by atoms with Gasteiger partial charge in [-0.1, -0.05) is 41.9 Å². The molecule has 3 amide bonds. The molecule has 0 bridgehead atoms. The lowest BCUT2D eigenvalue weighted by Crippen LogP contribution is -2.34. The van der Waals surface area contributed by atoms with Gasteiger partial charge in [-0.3, -0.25) is 10.1 Å². The molecule has 3 aromatic carbocycles. The monoisotopic (exact) mass is 478 g/mol. The van der Waals surface area contributed by atoms with E-state index in [0.29, 0.717) is 11.3 Å². The Labute approximate surface area is 192 Å². The van der Waals surface area contributed by atoms with Crippen LogP contribution in [0.1, 0.15) is 33.7 Å². The summed E-state index contributed by atoms with van der Waals surface area (Å²) < 4.78 is 38.8. The van der Waals surface area contributed by atoms with Gasteiger partial charge in [0, 0.05) is 15.8 Å². The highest BCUT2D eigenvalue weighted by atomic mass is 35.5. The van der Waals surface area contributed by atoms with Crippen molar-refractivity contribution in [2.45, 2.75) is 23.2 Å². The van der Waals surface area contributed by atoms with E-state index in [9.17, 15) is 22.8 Å². The second kappa shape index (κ2) is 10.1. The van der Waals surface area contributed by atoms with Crippen molar-refractivity contribution in [3.8, 4) is 0 Å². The van der Waals surface area contributed by atoms with Crippen LogP contribution in [0.4, 0.5) is 23.7 Å². The summed E-state index contributed by atoms with van der Waals surface area (Å²) in [6, 6.07) is 17.6. The molecule has 0 saturated carbocycles. The van der Waals surface area contributed by atoms with Crippen molar-refractivity contribution < 1.29 is 22.8 Å². The first-order valence-corrected chi connectivity index (χ1v) is 10.7. The van der Waals surface area contributed by atoms with Crippen LogP contribution in [0.5, 0.6) is 0 Å². The Kier molecular flexibility index (Phi) is 7.48. The van der Waals surface area contributed by atoms with E-state index < -0.39 is 23.7 Å². The molecular formula is C23H18ClF3N2O2S. The van der Waals surface area contributed by atoms with Crippen LogP contribution in [0.25, 0.3) is 0 Å². The Bertz CT molecular complexity index is 1120. The second-order valence-electron chi connectivity index (χ2n) is 6.80. The zero-order valence-electron chi connectivity index (χ0n) is 16.7. The van der Waals surface area contributed by atoms with E-state index in [4.69, 9.17) is 11.6 Å². The Morgan fingerprint density at radius 2 is 1.66 bits per heavy atom. The Hall–Kier alpha value is -2.97. The van der Waals surface area contributed by atoms with E-state index in [2.05, 4.69) is 10.6 Å². The minimum atomic E-state index is -4.39. The van der Waals surface area contributed by atoms with Gasteiger partial charge in [0.1, 0.15) is 0 Å².